The van der Waals surface area contributed by atoms with Crippen LogP contribution in [0.15, 0.2) is 107 Å². The van der Waals surface area contributed by atoms with Gasteiger partial charge < -0.3 is 0 Å². The molecule has 0 spiro atoms. The molecule has 0 saturated heterocycles. The van der Waals surface area contributed by atoms with Gasteiger partial charge in [-0.1, -0.05) is 90.3 Å². The summed E-state index contributed by atoms with van der Waals surface area (Å²) in [5.74, 6) is -2.50. The third kappa shape index (κ3) is 6.10. The number of aryl methyl sites for hydroxylation is 3. The van der Waals surface area contributed by atoms with Crippen LogP contribution >= 0.6 is 11.6 Å². The van der Waals surface area contributed by atoms with Gasteiger partial charge in [-0.15, -0.1) is 0 Å². The van der Waals surface area contributed by atoms with Gasteiger partial charge in [0.2, 0.25) is 0 Å². The van der Waals surface area contributed by atoms with Crippen LogP contribution in [0, 0.1) is 25.7 Å². The van der Waals surface area contributed by atoms with Gasteiger partial charge in [-0.05, 0) is 92.1 Å². The molecule has 2 saturated carbocycles. The summed E-state index contributed by atoms with van der Waals surface area (Å²) >= 11 is 6.40. The lowest BCUT2D eigenvalue weighted by Crippen LogP contribution is -2.53. The summed E-state index contributed by atoms with van der Waals surface area (Å²) in [4.78, 5) is 14.5. The Kier molecular flexibility index (Phi) is 9.05. The minimum absolute atomic E-state index is 0.00439. The van der Waals surface area contributed by atoms with E-state index >= 15 is 0 Å². The largest absolute Gasteiger partial charge is 0.299 e. The lowest BCUT2D eigenvalue weighted by molar-refractivity contribution is -0.128. The van der Waals surface area contributed by atoms with Gasteiger partial charge in [0.1, 0.15) is 5.78 Å². The maximum Gasteiger partial charge on any atom is 0.182 e. The molecule has 2 aliphatic carbocycles. The van der Waals surface area contributed by atoms with E-state index in [4.69, 9.17) is 11.6 Å². The van der Waals surface area contributed by atoms with E-state index in [1.165, 1.54) is 0 Å². The van der Waals surface area contributed by atoms with E-state index in [1.54, 1.807) is 66.7 Å². The van der Waals surface area contributed by atoms with Crippen LogP contribution in [0.2, 0.25) is 5.02 Å². The van der Waals surface area contributed by atoms with Gasteiger partial charge in [0, 0.05) is 29.2 Å². The van der Waals surface area contributed by atoms with Crippen molar-refractivity contribution in [3.63, 3.8) is 0 Å². The van der Waals surface area contributed by atoms with Crippen molar-refractivity contribution in [1.29, 1.82) is 0 Å². The Balaban J connectivity index is 1.51. The number of carbonyl (C=O) groups is 1. The topological polar surface area (TPSA) is 85.3 Å². The molecule has 0 N–H and O–H groups in total. The highest BCUT2D eigenvalue weighted by Gasteiger charge is 2.56. The number of halogens is 1. The molecule has 4 aromatic carbocycles. The molecule has 2 aliphatic rings. The Morgan fingerprint density at radius 2 is 1.26 bits per heavy atom. The van der Waals surface area contributed by atoms with E-state index in [0.29, 0.717) is 10.6 Å². The number of fused-ring (bicyclic) bond motifs is 1. The van der Waals surface area contributed by atoms with E-state index in [9.17, 15) is 21.6 Å². The molecule has 6 rings (SSSR count). The number of benzene rings is 4. The fourth-order valence-corrected chi connectivity index (χ4v) is 12.2. The molecule has 0 aromatic heterocycles. The highest BCUT2D eigenvalue weighted by molar-refractivity contribution is 7.92. The maximum atomic E-state index is 14.7. The van der Waals surface area contributed by atoms with Crippen molar-refractivity contribution in [3.8, 4) is 0 Å². The van der Waals surface area contributed by atoms with Gasteiger partial charge >= 0.3 is 0 Å². The smallest absolute Gasteiger partial charge is 0.182 e. The maximum absolute atomic E-state index is 14.7. The SMILES string of the molecule is CCc1ccc(C2C[C@@H]3C(S(=O)(=O)c4ccc(C)cc4)C(c4cccc(Cl)c4)CC(=O)[C@@H]3CC2S(=O)(=O)c2ccc(C)cc2)cc1. The third-order valence-corrected chi connectivity index (χ3v) is 15.0. The summed E-state index contributed by atoms with van der Waals surface area (Å²) < 4.78 is 58.2. The molecule has 8 heteroatoms. The Labute approximate surface area is 277 Å². The molecule has 46 heavy (non-hydrogen) atoms. The van der Waals surface area contributed by atoms with E-state index in [-0.39, 0.29) is 34.8 Å². The number of Topliss-reactive ketones (excluding diaryl/α,β-unsaturated/α-hetero) is 1. The zero-order valence-corrected chi connectivity index (χ0v) is 28.7. The van der Waals surface area contributed by atoms with Crippen LogP contribution in [-0.2, 0) is 30.9 Å². The first-order valence-electron chi connectivity index (χ1n) is 15.9. The van der Waals surface area contributed by atoms with E-state index in [1.807, 2.05) is 44.2 Å². The second-order valence-corrected chi connectivity index (χ2v) is 17.7. The first-order valence-corrected chi connectivity index (χ1v) is 19.4. The molecule has 4 aromatic rings. The van der Waals surface area contributed by atoms with Crippen molar-refractivity contribution in [2.24, 2.45) is 11.8 Å². The minimum atomic E-state index is -3.95. The Morgan fingerprint density at radius 3 is 1.83 bits per heavy atom. The van der Waals surface area contributed by atoms with Crippen LogP contribution in [0.3, 0.4) is 0 Å². The predicted octanol–water partition coefficient (Wildman–Crippen LogP) is 8.07. The fraction of sp³-hybridized carbons (Fsp3) is 0.342. The summed E-state index contributed by atoms with van der Waals surface area (Å²) in [6, 6.07) is 28.8. The average molecular weight is 675 g/mol. The van der Waals surface area contributed by atoms with Crippen molar-refractivity contribution in [2.75, 3.05) is 0 Å². The standard InChI is InChI=1S/C38H39ClO5S2/c1-4-26-12-14-27(15-13-26)32-21-35-34(23-37(32)45(41,42)30-16-8-24(2)9-17-30)36(40)22-33(28-6-5-7-29(39)20-28)38(35)46(43,44)31-18-10-25(3)11-19-31/h5-20,32-35,37-38H,4,21-23H2,1-3H3/t32?,33?,34-,35+,37?,38?/m1/s1. The van der Waals surface area contributed by atoms with E-state index in [2.05, 4.69) is 6.92 Å². The highest BCUT2D eigenvalue weighted by atomic mass is 35.5. The summed E-state index contributed by atoms with van der Waals surface area (Å²) in [7, 11) is -7.82. The number of ketones is 1. The Morgan fingerprint density at radius 1 is 0.674 bits per heavy atom. The first kappa shape index (κ1) is 32.7. The van der Waals surface area contributed by atoms with Crippen LogP contribution in [0.5, 0.6) is 0 Å². The number of hydrogen-bond acceptors (Lipinski definition) is 5. The molecule has 5 nitrogen and oxygen atoms in total. The van der Waals surface area contributed by atoms with Crippen LogP contribution in [-0.4, -0.2) is 33.1 Å². The monoisotopic (exact) mass is 674 g/mol. The number of rotatable bonds is 7. The van der Waals surface area contributed by atoms with Crippen molar-refractivity contribution in [2.45, 2.75) is 78.6 Å². The molecule has 0 heterocycles. The first-order chi connectivity index (χ1) is 21.9. The van der Waals surface area contributed by atoms with Gasteiger partial charge in [-0.25, -0.2) is 16.8 Å². The molecule has 0 bridgehead atoms. The molecule has 0 radical (unpaired) electrons. The predicted molar refractivity (Wildman–Crippen MR) is 183 cm³/mol. The molecule has 0 aliphatic heterocycles. The van der Waals surface area contributed by atoms with Gasteiger partial charge in [0.05, 0.1) is 20.3 Å². The molecule has 2 fully saturated rings. The Bertz CT molecular complexity index is 1950. The van der Waals surface area contributed by atoms with Gasteiger partial charge in [-0.2, -0.15) is 0 Å². The van der Waals surface area contributed by atoms with Gasteiger partial charge in [0.25, 0.3) is 0 Å². The minimum Gasteiger partial charge on any atom is -0.299 e. The molecule has 4 unspecified atom stereocenters. The van der Waals surface area contributed by atoms with Crippen LogP contribution in [0.4, 0.5) is 0 Å². The number of carbonyl (C=O) groups excluding carboxylic acids is 1. The number of hydrogen-bond donors (Lipinski definition) is 0. The van der Waals surface area contributed by atoms with Crippen molar-refractivity contribution in [3.05, 3.63) is 130 Å². The zero-order chi connectivity index (χ0) is 32.8. The van der Waals surface area contributed by atoms with Crippen molar-refractivity contribution < 1.29 is 21.6 Å². The average Bonchev–Trinajstić information content (AvgIpc) is 3.04. The summed E-state index contributed by atoms with van der Waals surface area (Å²) in [6.45, 7) is 5.88. The third-order valence-electron chi connectivity index (χ3n) is 10.2. The highest BCUT2D eigenvalue weighted by Crippen LogP contribution is 2.54. The fourth-order valence-electron chi connectivity index (χ4n) is 7.69. The molecule has 240 valence electrons. The van der Waals surface area contributed by atoms with E-state index in [0.717, 1.165) is 28.7 Å². The lowest BCUT2D eigenvalue weighted by Gasteiger charge is -2.48. The van der Waals surface area contributed by atoms with Crippen molar-refractivity contribution in [1.82, 2.24) is 0 Å². The summed E-state index contributed by atoms with van der Waals surface area (Å²) in [6.07, 6.45) is 1.17. The van der Waals surface area contributed by atoms with Crippen LogP contribution < -0.4 is 0 Å². The quantitative estimate of drug-likeness (QED) is 0.198. The molecule has 6 atom stereocenters. The van der Waals surface area contributed by atoms with E-state index < -0.39 is 53.8 Å². The van der Waals surface area contributed by atoms with Crippen molar-refractivity contribution >= 4 is 37.1 Å². The Hall–Kier alpha value is -3.26. The second kappa shape index (κ2) is 12.7. The van der Waals surface area contributed by atoms with Crippen LogP contribution in [0.1, 0.15) is 65.8 Å². The second-order valence-electron chi connectivity index (χ2n) is 13.0. The zero-order valence-electron chi connectivity index (χ0n) is 26.3. The van der Waals surface area contributed by atoms with Gasteiger partial charge in [-0.3, -0.25) is 4.79 Å². The summed E-state index contributed by atoms with van der Waals surface area (Å²) in [5.41, 5.74) is 4.58. The molecular weight excluding hydrogens is 636 g/mol. The molecule has 0 amide bonds. The lowest BCUT2D eigenvalue weighted by atomic mass is 9.61. The van der Waals surface area contributed by atoms with Gasteiger partial charge in [0.15, 0.2) is 19.7 Å². The van der Waals surface area contributed by atoms with Crippen LogP contribution in [0.25, 0.3) is 0 Å². The molecular formula is C38H39ClO5S2. The summed E-state index contributed by atoms with van der Waals surface area (Å²) in [5, 5.41) is -1.34. The normalized spacial score (nSPS) is 25.2. The number of sulfone groups is 2.